The molecule has 0 bridgehead atoms. The highest BCUT2D eigenvalue weighted by Gasteiger charge is 2.25. The van der Waals surface area contributed by atoms with E-state index in [9.17, 15) is 9.59 Å². The molecule has 0 radical (unpaired) electrons. The first kappa shape index (κ1) is 17.0. The molecule has 2 amide bonds. The Bertz CT molecular complexity index is 723. The maximum Gasteiger partial charge on any atom is 0.409 e. The number of pyridine rings is 1. The molecule has 0 aliphatic carbocycles. The predicted octanol–water partition coefficient (Wildman–Crippen LogP) is 2.66. The topological polar surface area (TPSA) is 62.7 Å². The number of rotatable bonds is 3. The largest absolute Gasteiger partial charge is 0.450 e. The van der Waals surface area contributed by atoms with Crippen LogP contribution in [0.3, 0.4) is 0 Å². The van der Waals surface area contributed by atoms with Crippen LogP contribution in [0, 0.1) is 0 Å². The number of piperazine rings is 1. The first-order valence-corrected chi connectivity index (χ1v) is 8.41. The second-order valence-corrected chi connectivity index (χ2v) is 5.78. The maximum absolute atomic E-state index is 12.6. The van der Waals surface area contributed by atoms with Gasteiger partial charge in [-0.2, -0.15) is 0 Å². The number of ether oxygens (including phenoxy) is 1. The van der Waals surface area contributed by atoms with Crippen LogP contribution in [0.25, 0.3) is 11.3 Å². The molecule has 25 heavy (non-hydrogen) atoms. The van der Waals surface area contributed by atoms with E-state index in [1.807, 2.05) is 36.4 Å². The minimum atomic E-state index is -0.316. The molecule has 1 aliphatic rings. The van der Waals surface area contributed by atoms with Crippen molar-refractivity contribution < 1.29 is 14.3 Å². The molecule has 1 aromatic carbocycles. The summed E-state index contributed by atoms with van der Waals surface area (Å²) in [6.45, 7) is 4.11. The van der Waals surface area contributed by atoms with E-state index in [1.54, 1.807) is 29.0 Å². The smallest absolute Gasteiger partial charge is 0.409 e. The van der Waals surface area contributed by atoms with Crippen molar-refractivity contribution >= 4 is 12.0 Å². The van der Waals surface area contributed by atoms with Crippen molar-refractivity contribution in [1.29, 1.82) is 0 Å². The molecule has 1 aromatic heterocycles. The second-order valence-electron chi connectivity index (χ2n) is 5.78. The molecule has 1 saturated heterocycles. The lowest BCUT2D eigenvalue weighted by atomic mass is 10.1. The normalized spacial score (nSPS) is 14.3. The average molecular weight is 339 g/mol. The highest BCUT2D eigenvalue weighted by molar-refractivity contribution is 5.94. The zero-order chi connectivity index (χ0) is 17.6. The summed E-state index contributed by atoms with van der Waals surface area (Å²) in [6.07, 6.45) is 1.30. The first-order chi connectivity index (χ1) is 12.2. The van der Waals surface area contributed by atoms with Crippen LogP contribution in [0.2, 0.25) is 0 Å². The number of carbonyl (C=O) groups excluding carboxylic acids is 2. The van der Waals surface area contributed by atoms with Crippen LogP contribution in [0.15, 0.2) is 48.7 Å². The van der Waals surface area contributed by atoms with Gasteiger partial charge < -0.3 is 14.5 Å². The SMILES string of the molecule is CCOC(=O)N1CCN(C(=O)c2ccc(-c3ccccc3)nc2)CC1. The molecule has 0 saturated carbocycles. The van der Waals surface area contributed by atoms with Gasteiger partial charge in [0, 0.05) is 37.9 Å². The first-order valence-electron chi connectivity index (χ1n) is 8.41. The molecular weight excluding hydrogens is 318 g/mol. The van der Waals surface area contributed by atoms with Gasteiger partial charge in [0.1, 0.15) is 0 Å². The summed E-state index contributed by atoms with van der Waals surface area (Å²) < 4.78 is 4.99. The van der Waals surface area contributed by atoms with Crippen LogP contribution in [0.1, 0.15) is 17.3 Å². The Morgan fingerprint density at radius 3 is 2.28 bits per heavy atom. The molecule has 3 rings (SSSR count). The molecule has 130 valence electrons. The zero-order valence-corrected chi connectivity index (χ0v) is 14.2. The van der Waals surface area contributed by atoms with E-state index in [0.717, 1.165) is 11.3 Å². The van der Waals surface area contributed by atoms with Gasteiger partial charge in [0.25, 0.3) is 5.91 Å². The van der Waals surface area contributed by atoms with Crippen LogP contribution in [0.5, 0.6) is 0 Å². The van der Waals surface area contributed by atoms with Crippen LogP contribution < -0.4 is 0 Å². The summed E-state index contributed by atoms with van der Waals surface area (Å²) in [7, 11) is 0. The third-order valence-electron chi connectivity index (χ3n) is 4.17. The Morgan fingerprint density at radius 2 is 1.68 bits per heavy atom. The molecule has 0 unspecified atom stereocenters. The molecule has 6 heteroatoms. The molecular formula is C19H21N3O3. The lowest BCUT2D eigenvalue weighted by Gasteiger charge is -2.34. The number of amides is 2. The summed E-state index contributed by atoms with van der Waals surface area (Å²) in [4.78, 5) is 32.1. The molecule has 0 N–H and O–H groups in total. The molecule has 2 heterocycles. The van der Waals surface area contributed by atoms with E-state index < -0.39 is 0 Å². The van der Waals surface area contributed by atoms with Crippen molar-refractivity contribution in [3.8, 4) is 11.3 Å². The average Bonchev–Trinajstić information content (AvgIpc) is 2.68. The lowest BCUT2D eigenvalue weighted by Crippen LogP contribution is -2.50. The summed E-state index contributed by atoms with van der Waals surface area (Å²) in [5.41, 5.74) is 2.41. The number of aromatic nitrogens is 1. The highest BCUT2D eigenvalue weighted by Crippen LogP contribution is 2.17. The minimum Gasteiger partial charge on any atom is -0.450 e. The number of nitrogens with zero attached hydrogens (tertiary/aromatic N) is 3. The summed E-state index contributed by atoms with van der Waals surface area (Å²) in [6, 6.07) is 13.5. The van der Waals surface area contributed by atoms with E-state index >= 15 is 0 Å². The van der Waals surface area contributed by atoms with E-state index in [1.165, 1.54) is 0 Å². The Hall–Kier alpha value is -2.89. The van der Waals surface area contributed by atoms with Gasteiger partial charge in [-0.25, -0.2) is 4.79 Å². The van der Waals surface area contributed by atoms with Crippen molar-refractivity contribution in [3.63, 3.8) is 0 Å². The molecule has 0 atom stereocenters. The van der Waals surface area contributed by atoms with Gasteiger partial charge >= 0.3 is 6.09 Å². The standard InChI is InChI=1S/C19H21N3O3/c1-2-25-19(24)22-12-10-21(11-13-22)18(23)16-8-9-17(20-14-16)15-6-4-3-5-7-15/h3-9,14H,2,10-13H2,1H3. The molecule has 2 aromatic rings. The summed E-state index contributed by atoms with van der Waals surface area (Å²) in [5, 5.41) is 0. The van der Waals surface area contributed by atoms with Gasteiger partial charge in [-0.3, -0.25) is 9.78 Å². The number of carbonyl (C=O) groups is 2. The van der Waals surface area contributed by atoms with Gasteiger partial charge in [-0.15, -0.1) is 0 Å². The Balaban J connectivity index is 1.61. The fraction of sp³-hybridized carbons (Fsp3) is 0.316. The molecule has 1 aliphatic heterocycles. The predicted molar refractivity (Wildman–Crippen MR) is 94.2 cm³/mol. The lowest BCUT2D eigenvalue weighted by molar-refractivity contribution is 0.0570. The van der Waals surface area contributed by atoms with E-state index in [0.29, 0.717) is 38.3 Å². The summed E-state index contributed by atoms with van der Waals surface area (Å²) in [5.74, 6) is -0.0596. The van der Waals surface area contributed by atoms with E-state index in [2.05, 4.69) is 4.98 Å². The molecule has 0 spiro atoms. The monoisotopic (exact) mass is 339 g/mol. The van der Waals surface area contributed by atoms with Crippen LogP contribution in [-0.4, -0.2) is 59.6 Å². The summed E-state index contributed by atoms with van der Waals surface area (Å²) >= 11 is 0. The van der Waals surface area contributed by atoms with Crippen LogP contribution >= 0.6 is 0 Å². The number of hydrogen-bond donors (Lipinski definition) is 0. The van der Waals surface area contributed by atoms with Crippen molar-refractivity contribution in [3.05, 3.63) is 54.2 Å². The third kappa shape index (κ3) is 3.96. The van der Waals surface area contributed by atoms with Gasteiger partial charge in [-0.1, -0.05) is 30.3 Å². The Kier molecular flexibility index (Phi) is 5.28. The number of benzene rings is 1. The Labute approximate surface area is 147 Å². The van der Waals surface area contributed by atoms with Crippen LogP contribution in [-0.2, 0) is 4.74 Å². The Morgan fingerprint density at radius 1 is 1.00 bits per heavy atom. The quantitative estimate of drug-likeness (QED) is 0.862. The maximum atomic E-state index is 12.6. The number of hydrogen-bond acceptors (Lipinski definition) is 4. The van der Waals surface area contributed by atoms with Gasteiger partial charge in [0.2, 0.25) is 0 Å². The third-order valence-corrected chi connectivity index (χ3v) is 4.17. The minimum absolute atomic E-state index is 0.0596. The van der Waals surface area contributed by atoms with Crippen LogP contribution in [0.4, 0.5) is 4.79 Å². The van der Waals surface area contributed by atoms with Crippen molar-refractivity contribution in [2.24, 2.45) is 0 Å². The van der Waals surface area contributed by atoms with Crippen molar-refractivity contribution in [2.75, 3.05) is 32.8 Å². The highest BCUT2D eigenvalue weighted by atomic mass is 16.6. The zero-order valence-electron chi connectivity index (χ0n) is 14.2. The second kappa shape index (κ2) is 7.79. The fourth-order valence-corrected chi connectivity index (χ4v) is 2.79. The van der Waals surface area contributed by atoms with Crippen molar-refractivity contribution in [2.45, 2.75) is 6.92 Å². The van der Waals surface area contributed by atoms with Crippen molar-refractivity contribution in [1.82, 2.24) is 14.8 Å². The van der Waals surface area contributed by atoms with E-state index in [4.69, 9.17) is 4.74 Å². The fourth-order valence-electron chi connectivity index (χ4n) is 2.79. The molecule has 6 nitrogen and oxygen atoms in total. The van der Waals surface area contributed by atoms with Gasteiger partial charge in [0.05, 0.1) is 17.9 Å². The molecule has 1 fully saturated rings. The van der Waals surface area contributed by atoms with Gasteiger partial charge in [-0.05, 0) is 19.1 Å². The van der Waals surface area contributed by atoms with E-state index in [-0.39, 0.29) is 12.0 Å². The van der Waals surface area contributed by atoms with Gasteiger partial charge in [0.15, 0.2) is 0 Å².